The Kier molecular flexibility index (Phi) is 3.50. The maximum Gasteiger partial charge on any atom is 0.253 e. The number of benzene rings is 1. The van der Waals surface area contributed by atoms with Crippen molar-refractivity contribution in [2.24, 2.45) is 0 Å². The third-order valence-electron chi connectivity index (χ3n) is 3.41. The summed E-state index contributed by atoms with van der Waals surface area (Å²) in [5, 5.41) is 7.77. The highest BCUT2D eigenvalue weighted by Crippen LogP contribution is 2.25. The molecule has 3 rings (SSSR count). The lowest BCUT2D eigenvalue weighted by Crippen LogP contribution is -2.10. The first kappa shape index (κ1) is 12.8. The van der Waals surface area contributed by atoms with Crippen LogP contribution in [0.5, 0.6) is 5.75 Å². The second kappa shape index (κ2) is 5.45. The molecule has 0 N–H and O–H groups in total. The lowest BCUT2D eigenvalue weighted by atomic mass is 9.90. The Morgan fingerprint density at radius 3 is 2.90 bits per heavy atom. The number of ketones is 1. The lowest BCUT2D eigenvalue weighted by molar-refractivity contribution is 0.0972. The third-order valence-corrected chi connectivity index (χ3v) is 3.41. The number of ether oxygens (including phenoxy) is 1. The SMILES string of the molecule is CCc1nnc(COc2ccc3c(c2)C(=O)CCC3)o1. The highest BCUT2D eigenvalue weighted by atomic mass is 16.5. The number of carbonyl (C=O) groups is 1. The van der Waals surface area contributed by atoms with E-state index in [0.29, 0.717) is 30.4 Å². The summed E-state index contributed by atoms with van der Waals surface area (Å²) in [7, 11) is 0. The van der Waals surface area contributed by atoms with Crippen LogP contribution in [-0.4, -0.2) is 16.0 Å². The first-order valence-electron chi connectivity index (χ1n) is 6.86. The Morgan fingerprint density at radius 1 is 1.25 bits per heavy atom. The van der Waals surface area contributed by atoms with Crippen molar-refractivity contribution >= 4 is 5.78 Å². The van der Waals surface area contributed by atoms with Crippen LogP contribution >= 0.6 is 0 Å². The van der Waals surface area contributed by atoms with E-state index in [-0.39, 0.29) is 12.4 Å². The predicted octanol–water partition coefficient (Wildman–Crippen LogP) is 2.73. The molecule has 0 atom stereocenters. The van der Waals surface area contributed by atoms with Crippen molar-refractivity contribution in [1.29, 1.82) is 0 Å². The molecule has 0 spiro atoms. The van der Waals surface area contributed by atoms with Crippen molar-refractivity contribution in [3.8, 4) is 5.75 Å². The van der Waals surface area contributed by atoms with Crippen LogP contribution < -0.4 is 4.74 Å². The minimum Gasteiger partial charge on any atom is -0.484 e. The minimum atomic E-state index is 0.197. The molecule has 104 valence electrons. The molecule has 0 amide bonds. The summed E-state index contributed by atoms with van der Waals surface area (Å²) in [4.78, 5) is 11.9. The van der Waals surface area contributed by atoms with Gasteiger partial charge in [-0.15, -0.1) is 10.2 Å². The third kappa shape index (κ3) is 2.57. The van der Waals surface area contributed by atoms with Crippen LogP contribution in [0.3, 0.4) is 0 Å². The fourth-order valence-corrected chi connectivity index (χ4v) is 2.33. The van der Waals surface area contributed by atoms with E-state index >= 15 is 0 Å². The van der Waals surface area contributed by atoms with Crippen LogP contribution in [0.25, 0.3) is 0 Å². The minimum absolute atomic E-state index is 0.197. The Labute approximate surface area is 117 Å². The molecule has 5 heteroatoms. The molecule has 5 nitrogen and oxygen atoms in total. The molecule has 0 aliphatic heterocycles. The largest absolute Gasteiger partial charge is 0.484 e. The molecule has 0 radical (unpaired) electrons. The zero-order chi connectivity index (χ0) is 13.9. The first-order chi connectivity index (χ1) is 9.76. The molecule has 0 unspecified atom stereocenters. The van der Waals surface area contributed by atoms with Crippen molar-refractivity contribution in [2.45, 2.75) is 39.2 Å². The van der Waals surface area contributed by atoms with Crippen molar-refractivity contribution < 1.29 is 13.9 Å². The van der Waals surface area contributed by atoms with E-state index < -0.39 is 0 Å². The van der Waals surface area contributed by atoms with Gasteiger partial charge in [-0.25, -0.2) is 0 Å². The molecular weight excluding hydrogens is 256 g/mol. The standard InChI is InChI=1S/C15H16N2O3/c1-2-14-16-17-15(20-14)9-19-11-7-6-10-4-3-5-13(18)12(10)8-11/h6-8H,2-5,9H2,1H3. The van der Waals surface area contributed by atoms with E-state index in [1.165, 1.54) is 0 Å². The Hall–Kier alpha value is -2.17. The van der Waals surface area contributed by atoms with Crippen LogP contribution in [0.2, 0.25) is 0 Å². The molecule has 20 heavy (non-hydrogen) atoms. The molecule has 2 aromatic rings. The van der Waals surface area contributed by atoms with Gasteiger partial charge in [-0.2, -0.15) is 0 Å². The maximum absolute atomic E-state index is 11.9. The Balaban J connectivity index is 1.71. The molecule has 0 bridgehead atoms. The number of carbonyl (C=O) groups excluding carboxylic acids is 1. The topological polar surface area (TPSA) is 65.2 Å². The predicted molar refractivity (Wildman–Crippen MR) is 71.7 cm³/mol. The zero-order valence-corrected chi connectivity index (χ0v) is 11.4. The van der Waals surface area contributed by atoms with Gasteiger partial charge in [0.05, 0.1) is 0 Å². The fraction of sp³-hybridized carbons (Fsp3) is 0.400. The molecule has 0 saturated heterocycles. The number of aromatic nitrogens is 2. The summed E-state index contributed by atoms with van der Waals surface area (Å²) in [5.41, 5.74) is 1.90. The second-order valence-electron chi connectivity index (χ2n) is 4.83. The van der Waals surface area contributed by atoms with E-state index in [9.17, 15) is 4.79 Å². The van der Waals surface area contributed by atoms with Crippen molar-refractivity contribution in [1.82, 2.24) is 10.2 Å². The van der Waals surface area contributed by atoms with Crippen molar-refractivity contribution in [3.05, 3.63) is 41.1 Å². The summed E-state index contributed by atoms with van der Waals surface area (Å²) in [6.45, 7) is 2.17. The van der Waals surface area contributed by atoms with Gasteiger partial charge in [-0.05, 0) is 30.5 Å². The van der Waals surface area contributed by atoms with Gasteiger partial charge in [0.1, 0.15) is 5.75 Å². The lowest BCUT2D eigenvalue weighted by Gasteiger charge is -2.15. The van der Waals surface area contributed by atoms with Gasteiger partial charge in [-0.3, -0.25) is 4.79 Å². The van der Waals surface area contributed by atoms with Crippen molar-refractivity contribution in [3.63, 3.8) is 0 Å². The van der Waals surface area contributed by atoms with E-state index in [0.717, 1.165) is 24.0 Å². The van der Waals surface area contributed by atoms with E-state index in [2.05, 4.69) is 10.2 Å². The Morgan fingerprint density at radius 2 is 2.10 bits per heavy atom. The van der Waals surface area contributed by atoms with Gasteiger partial charge >= 0.3 is 0 Å². The average Bonchev–Trinajstić information content (AvgIpc) is 2.94. The number of aryl methyl sites for hydroxylation is 2. The molecule has 1 aromatic carbocycles. The van der Waals surface area contributed by atoms with Crippen LogP contribution in [0.1, 0.15) is 47.5 Å². The number of Topliss-reactive ketones (excluding diaryl/α,β-unsaturated/α-hetero) is 1. The smallest absolute Gasteiger partial charge is 0.253 e. The van der Waals surface area contributed by atoms with Crippen LogP contribution in [0.4, 0.5) is 0 Å². The fourth-order valence-electron chi connectivity index (χ4n) is 2.33. The van der Waals surface area contributed by atoms with E-state index in [1.807, 2.05) is 25.1 Å². The van der Waals surface area contributed by atoms with Crippen molar-refractivity contribution in [2.75, 3.05) is 0 Å². The molecular formula is C15H16N2O3. The van der Waals surface area contributed by atoms with Crippen LogP contribution in [0.15, 0.2) is 22.6 Å². The summed E-state index contributed by atoms with van der Waals surface area (Å²) >= 11 is 0. The zero-order valence-electron chi connectivity index (χ0n) is 11.4. The van der Waals surface area contributed by atoms with Gasteiger partial charge in [-0.1, -0.05) is 13.0 Å². The molecule has 0 fully saturated rings. The Bertz CT molecular complexity index is 634. The number of nitrogens with zero attached hydrogens (tertiary/aromatic N) is 2. The molecule has 1 aliphatic carbocycles. The highest BCUT2D eigenvalue weighted by Gasteiger charge is 2.17. The van der Waals surface area contributed by atoms with E-state index in [1.54, 1.807) is 0 Å². The second-order valence-corrected chi connectivity index (χ2v) is 4.83. The molecule has 1 aliphatic rings. The normalized spacial score (nSPS) is 14.2. The van der Waals surface area contributed by atoms with Gasteiger partial charge in [0, 0.05) is 18.4 Å². The monoisotopic (exact) mass is 272 g/mol. The van der Waals surface area contributed by atoms with Gasteiger partial charge in [0.15, 0.2) is 12.4 Å². The van der Waals surface area contributed by atoms with Crippen LogP contribution in [0, 0.1) is 0 Å². The quantitative estimate of drug-likeness (QED) is 0.856. The summed E-state index contributed by atoms with van der Waals surface area (Å²) in [6, 6.07) is 5.66. The average molecular weight is 272 g/mol. The number of hydrogen-bond acceptors (Lipinski definition) is 5. The summed E-state index contributed by atoms with van der Waals surface area (Å²) in [6.07, 6.45) is 3.24. The van der Waals surface area contributed by atoms with Gasteiger partial charge in [0.2, 0.25) is 5.89 Å². The van der Waals surface area contributed by atoms with Gasteiger partial charge < -0.3 is 9.15 Å². The summed E-state index contributed by atoms with van der Waals surface area (Å²) < 4.78 is 11.0. The number of hydrogen-bond donors (Lipinski definition) is 0. The molecule has 1 heterocycles. The van der Waals surface area contributed by atoms with Crippen LogP contribution in [-0.2, 0) is 19.4 Å². The summed E-state index contributed by atoms with van der Waals surface area (Å²) in [5.74, 6) is 1.91. The molecule has 0 saturated carbocycles. The maximum atomic E-state index is 11.9. The number of fused-ring (bicyclic) bond motifs is 1. The van der Waals surface area contributed by atoms with Gasteiger partial charge in [0.25, 0.3) is 5.89 Å². The molecule has 1 aromatic heterocycles. The first-order valence-corrected chi connectivity index (χ1v) is 6.86. The highest BCUT2D eigenvalue weighted by molar-refractivity contribution is 5.98. The number of rotatable bonds is 4. The van der Waals surface area contributed by atoms with E-state index in [4.69, 9.17) is 9.15 Å².